The van der Waals surface area contributed by atoms with Crippen LogP contribution in [0.4, 0.5) is 0 Å². The van der Waals surface area contributed by atoms with Crippen LogP contribution < -0.4 is 16.3 Å². The molecule has 2 N–H and O–H groups in total. The van der Waals surface area contributed by atoms with Gasteiger partial charge >= 0.3 is 13.4 Å². The van der Waals surface area contributed by atoms with Gasteiger partial charge in [-0.1, -0.05) is 44.2 Å². The minimum Gasteiger partial charge on any atom is -0.349 e. The predicted octanol–water partition coefficient (Wildman–Crippen LogP) is 2.26. The molecule has 0 radical (unpaired) electrons. The van der Waals surface area contributed by atoms with Crippen LogP contribution in [0.3, 0.4) is 0 Å². The second-order valence-corrected chi connectivity index (χ2v) is 9.31. The zero-order chi connectivity index (χ0) is 20.6. The van der Waals surface area contributed by atoms with Crippen molar-refractivity contribution in [2.45, 2.75) is 51.2 Å². The summed E-state index contributed by atoms with van der Waals surface area (Å²) in [6, 6.07) is 9.52. The van der Waals surface area contributed by atoms with Crippen LogP contribution in [-0.4, -0.2) is 28.4 Å². The first-order valence-corrected chi connectivity index (χ1v) is 11.1. The lowest BCUT2D eigenvalue weighted by Gasteiger charge is -2.30. The second kappa shape index (κ2) is 8.01. The van der Waals surface area contributed by atoms with Crippen LogP contribution >= 0.6 is 7.75 Å². The highest BCUT2D eigenvalue weighted by molar-refractivity contribution is 7.51. The van der Waals surface area contributed by atoms with Gasteiger partial charge in [0, 0.05) is 24.7 Å². The number of aromatic amines is 1. The summed E-state index contributed by atoms with van der Waals surface area (Å²) in [5, 5.41) is 2.86. The molecule has 0 bridgehead atoms. The lowest BCUT2D eigenvalue weighted by atomic mass is 10.1. The Morgan fingerprint density at radius 1 is 1.24 bits per heavy atom. The molecule has 29 heavy (non-hydrogen) atoms. The zero-order valence-corrected chi connectivity index (χ0v) is 17.1. The van der Waals surface area contributed by atoms with E-state index in [1.165, 1.54) is 10.8 Å². The van der Waals surface area contributed by atoms with Gasteiger partial charge in [0.15, 0.2) is 0 Å². The molecule has 1 unspecified atom stereocenters. The number of aromatic nitrogens is 2. The van der Waals surface area contributed by atoms with Crippen molar-refractivity contribution in [1.29, 1.82) is 0 Å². The Kier molecular flexibility index (Phi) is 5.59. The van der Waals surface area contributed by atoms with Crippen molar-refractivity contribution >= 4 is 7.75 Å². The monoisotopic (exact) mass is 421 g/mol. The maximum atomic E-state index is 12.9. The normalized spacial score (nSPS) is 29.1. The van der Waals surface area contributed by atoms with Crippen molar-refractivity contribution in [3.8, 4) is 0 Å². The van der Waals surface area contributed by atoms with E-state index in [9.17, 15) is 14.2 Å². The molecule has 1 aromatic carbocycles. The SMILES string of the molecule is CC(C)c1cn([C@H]2C[C@@H]3OP(=O)(NCc4ccccc4)OC[C@H]3O2)c(=O)[nH]c1=O. The Morgan fingerprint density at radius 3 is 2.72 bits per heavy atom. The van der Waals surface area contributed by atoms with E-state index in [2.05, 4.69) is 10.1 Å². The minimum absolute atomic E-state index is 0.0451. The molecule has 4 atom stereocenters. The molecule has 0 spiro atoms. The molecule has 0 aliphatic carbocycles. The number of nitrogens with zero attached hydrogens (tertiary/aromatic N) is 1. The summed E-state index contributed by atoms with van der Waals surface area (Å²) in [5.74, 6) is -0.0451. The molecular formula is C19H24N3O6P. The summed E-state index contributed by atoms with van der Waals surface area (Å²) < 4.78 is 31.4. The van der Waals surface area contributed by atoms with Crippen molar-refractivity contribution < 1.29 is 18.3 Å². The lowest BCUT2D eigenvalue weighted by Crippen LogP contribution is -2.36. The third kappa shape index (κ3) is 4.29. The highest BCUT2D eigenvalue weighted by atomic mass is 31.2. The van der Waals surface area contributed by atoms with Gasteiger partial charge in [0.25, 0.3) is 5.56 Å². The molecule has 4 rings (SSSR count). The number of hydrogen-bond donors (Lipinski definition) is 2. The van der Waals surface area contributed by atoms with E-state index in [-0.39, 0.29) is 12.5 Å². The summed E-state index contributed by atoms with van der Waals surface area (Å²) in [4.78, 5) is 26.6. The number of fused-ring (bicyclic) bond motifs is 1. The van der Waals surface area contributed by atoms with Crippen LogP contribution in [0, 0.1) is 0 Å². The van der Waals surface area contributed by atoms with Gasteiger partial charge in [-0.05, 0) is 11.5 Å². The first-order valence-electron chi connectivity index (χ1n) is 9.57. The molecule has 2 aliphatic heterocycles. The molecule has 1 aromatic heterocycles. The van der Waals surface area contributed by atoms with Crippen LogP contribution in [0.15, 0.2) is 46.1 Å². The largest absolute Gasteiger partial charge is 0.406 e. The molecule has 156 valence electrons. The third-order valence-corrected chi connectivity index (χ3v) is 6.69. The van der Waals surface area contributed by atoms with Crippen molar-refractivity contribution in [3.05, 3.63) is 68.5 Å². The summed E-state index contributed by atoms with van der Waals surface area (Å²) in [7, 11) is -3.49. The number of H-pyrrole nitrogens is 1. The van der Waals surface area contributed by atoms with Crippen LogP contribution in [0.2, 0.25) is 0 Å². The maximum absolute atomic E-state index is 12.9. The fourth-order valence-corrected chi connectivity index (χ4v) is 5.03. The van der Waals surface area contributed by atoms with Gasteiger partial charge in [-0.2, -0.15) is 0 Å². The van der Waals surface area contributed by atoms with Gasteiger partial charge in [0.05, 0.1) is 6.61 Å². The fourth-order valence-electron chi connectivity index (χ4n) is 3.51. The molecule has 9 nitrogen and oxygen atoms in total. The number of hydrogen-bond acceptors (Lipinski definition) is 6. The van der Waals surface area contributed by atoms with Gasteiger partial charge in [0.1, 0.15) is 18.4 Å². The summed E-state index contributed by atoms with van der Waals surface area (Å²) in [6.07, 6.45) is 0.304. The van der Waals surface area contributed by atoms with E-state index in [0.29, 0.717) is 18.5 Å². The fraction of sp³-hybridized carbons (Fsp3) is 0.474. The second-order valence-electron chi connectivity index (χ2n) is 7.53. The van der Waals surface area contributed by atoms with E-state index < -0.39 is 37.4 Å². The summed E-state index contributed by atoms with van der Waals surface area (Å²) in [6.45, 7) is 4.19. The van der Waals surface area contributed by atoms with Crippen molar-refractivity contribution in [2.75, 3.05) is 6.61 Å². The van der Waals surface area contributed by atoms with E-state index in [1.54, 1.807) is 0 Å². The quantitative estimate of drug-likeness (QED) is 0.713. The highest BCUT2D eigenvalue weighted by Crippen LogP contribution is 2.52. The van der Waals surface area contributed by atoms with Crippen LogP contribution in [-0.2, 0) is 24.9 Å². The predicted molar refractivity (Wildman–Crippen MR) is 106 cm³/mol. The molecular weight excluding hydrogens is 397 g/mol. The Morgan fingerprint density at radius 2 is 2.00 bits per heavy atom. The van der Waals surface area contributed by atoms with E-state index in [0.717, 1.165) is 5.56 Å². The highest BCUT2D eigenvalue weighted by Gasteiger charge is 2.47. The zero-order valence-electron chi connectivity index (χ0n) is 16.2. The van der Waals surface area contributed by atoms with E-state index in [4.69, 9.17) is 13.8 Å². The van der Waals surface area contributed by atoms with E-state index >= 15 is 0 Å². The van der Waals surface area contributed by atoms with Crippen LogP contribution in [0.5, 0.6) is 0 Å². The Labute approximate surface area is 167 Å². The van der Waals surface area contributed by atoms with Gasteiger partial charge in [0.2, 0.25) is 0 Å². The number of rotatable bonds is 5. The van der Waals surface area contributed by atoms with Gasteiger partial charge in [-0.3, -0.25) is 23.4 Å². The molecule has 2 fully saturated rings. The Hall–Kier alpha value is -2.03. The number of ether oxygens (including phenoxy) is 1. The molecule has 2 aliphatic rings. The smallest absolute Gasteiger partial charge is 0.349 e. The minimum atomic E-state index is -3.49. The molecule has 0 amide bonds. The lowest BCUT2D eigenvalue weighted by molar-refractivity contribution is -0.0603. The maximum Gasteiger partial charge on any atom is 0.406 e. The average molecular weight is 421 g/mol. The topological polar surface area (TPSA) is 112 Å². The first kappa shape index (κ1) is 20.3. The van der Waals surface area contributed by atoms with Gasteiger partial charge < -0.3 is 4.74 Å². The summed E-state index contributed by atoms with van der Waals surface area (Å²) in [5.41, 5.74) is 0.509. The Bertz CT molecular complexity index is 1030. The van der Waals surface area contributed by atoms with Crippen molar-refractivity contribution in [2.24, 2.45) is 0 Å². The van der Waals surface area contributed by atoms with E-state index in [1.807, 2.05) is 44.2 Å². The summed E-state index contributed by atoms with van der Waals surface area (Å²) >= 11 is 0. The average Bonchev–Trinajstić information content (AvgIpc) is 3.09. The standard InChI is InChI=1S/C19H24N3O6P/c1-12(2)14-10-22(19(24)21-18(14)23)17-8-15-16(27-17)11-26-29(25,28-15)20-9-13-6-4-3-5-7-13/h3-7,10,12,15-17H,8-9,11H2,1-2H3,(H,20,25)(H,21,23,24)/t15-,16+,17+,29?/m0/s1. The van der Waals surface area contributed by atoms with Crippen molar-refractivity contribution in [3.63, 3.8) is 0 Å². The number of nitrogens with one attached hydrogen (secondary N) is 2. The molecule has 3 heterocycles. The van der Waals surface area contributed by atoms with Crippen LogP contribution in [0.1, 0.15) is 43.5 Å². The Balaban J connectivity index is 1.47. The molecule has 10 heteroatoms. The molecule has 2 saturated heterocycles. The molecule has 0 saturated carbocycles. The van der Waals surface area contributed by atoms with Crippen molar-refractivity contribution in [1.82, 2.24) is 14.6 Å². The molecule has 2 aromatic rings. The third-order valence-electron chi connectivity index (χ3n) is 5.11. The van der Waals surface area contributed by atoms with Crippen LogP contribution in [0.25, 0.3) is 0 Å². The number of benzene rings is 1. The first-order chi connectivity index (χ1) is 13.8. The van der Waals surface area contributed by atoms with Gasteiger partial charge in [-0.15, -0.1) is 0 Å². The van der Waals surface area contributed by atoms with Gasteiger partial charge in [-0.25, -0.2) is 14.4 Å².